The van der Waals surface area contributed by atoms with Gasteiger partial charge in [0.25, 0.3) is 0 Å². The van der Waals surface area contributed by atoms with E-state index in [9.17, 15) is 4.79 Å². The van der Waals surface area contributed by atoms with Crippen molar-refractivity contribution in [2.24, 2.45) is 4.99 Å². The number of carbonyl (C=O) groups excluding carboxylic acids is 1. The van der Waals surface area contributed by atoms with Gasteiger partial charge in [-0.1, -0.05) is 61.7 Å². The van der Waals surface area contributed by atoms with Gasteiger partial charge in [-0.25, -0.2) is 4.99 Å². The fraction of sp³-hybridized carbons (Fsp3) is 0.333. The molecule has 1 aliphatic rings. The van der Waals surface area contributed by atoms with E-state index in [-0.39, 0.29) is 5.78 Å². The van der Waals surface area contributed by atoms with Gasteiger partial charge in [-0.15, -0.1) is 11.3 Å². The Morgan fingerprint density at radius 2 is 1.72 bits per heavy atom. The first kappa shape index (κ1) is 26.9. The zero-order valence-corrected chi connectivity index (χ0v) is 23.8. The van der Waals surface area contributed by atoms with Gasteiger partial charge in [0.15, 0.2) is 22.1 Å². The van der Waals surface area contributed by atoms with Crippen LogP contribution in [0.1, 0.15) is 66.4 Å². The number of aryl methyl sites for hydroxylation is 1. The Labute approximate surface area is 234 Å². The third-order valence-corrected chi connectivity index (χ3v) is 8.49. The monoisotopic (exact) mass is 540 g/mol. The van der Waals surface area contributed by atoms with Crippen molar-refractivity contribution in [3.63, 3.8) is 0 Å². The zero-order chi connectivity index (χ0) is 27.2. The van der Waals surface area contributed by atoms with E-state index in [1.165, 1.54) is 43.2 Å². The minimum Gasteiger partial charge on any atom is -0.493 e. The molecule has 1 aliphatic carbocycles. The molecular weight excluding hydrogens is 504 g/mol. The van der Waals surface area contributed by atoms with E-state index in [1.807, 2.05) is 36.4 Å². The number of ketones is 1. The Hall–Kier alpha value is -3.64. The van der Waals surface area contributed by atoms with Gasteiger partial charge >= 0.3 is 0 Å². The van der Waals surface area contributed by atoms with Crippen LogP contribution in [-0.2, 0) is 13.0 Å². The minimum atomic E-state index is 0.0401. The van der Waals surface area contributed by atoms with Crippen molar-refractivity contribution in [1.29, 1.82) is 0 Å². The van der Waals surface area contributed by atoms with Crippen molar-refractivity contribution >= 4 is 22.8 Å². The largest absolute Gasteiger partial charge is 0.493 e. The van der Waals surface area contributed by atoms with Gasteiger partial charge in [-0.2, -0.15) is 0 Å². The third-order valence-electron chi connectivity index (χ3n) is 7.63. The molecule has 3 aromatic carbocycles. The van der Waals surface area contributed by atoms with Crippen LogP contribution < -0.4 is 14.3 Å². The highest BCUT2D eigenvalue weighted by atomic mass is 32.1. The average molecular weight is 541 g/mol. The van der Waals surface area contributed by atoms with Gasteiger partial charge in [-0.3, -0.25) is 4.79 Å². The lowest BCUT2D eigenvalue weighted by Crippen LogP contribution is -2.17. The number of ether oxygens (including phenoxy) is 2. The standard InChI is InChI=1S/C33H36N2O3S/c1-23(36)28-10-7-11-29(21-28)34-33-35(19-18-24-12-17-31(37-2)32(20-24)38-3)30(22-39-33)27-15-13-26(14-16-27)25-8-5-4-6-9-25/h7,10-17,20-22,25H,4-6,8-9,18-19H2,1-3H3. The summed E-state index contributed by atoms with van der Waals surface area (Å²) in [5.74, 6) is 2.18. The number of nitrogens with zero attached hydrogens (tertiary/aromatic N) is 2. The Bertz CT molecular complexity index is 1490. The molecule has 0 spiro atoms. The van der Waals surface area contributed by atoms with Crippen LogP contribution in [0.15, 0.2) is 77.1 Å². The van der Waals surface area contributed by atoms with E-state index in [2.05, 4.69) is 40.3 Å². The van der Waals surface area contributed by atoms with Crippen LogP contribution in [-0.4, -0.2) is 24.6 Å². The van der Waals surface area contributed by atoms with Crippen LogP contribution in [0.2, 0.25) is 0 Å². The second-order valence-electron chi connectivity index (χ2n) is 10.2. The number of benzene rings is 3. The molecule has 0 atom stereocenters. The first-order valence-corrected chi connectivity index (χ1v) is 14.6. The number of aromatic nitrogens is 1. The minimum absolute atomic E-state index is 0.0401. The second-order valence-corrected chi connectivity index (χ2v) is 11.0. The second kappa shape index (κ2) is 12.5. The smallest absolute Gasteiger partial charge is 0.190 e. The molecule has 5 rings (SSSR count). The maximum Gasteiger partial charge on any atom is 0.190 e. The van der Waals surface area contributed by atoms with E-state index in [0.717, 1.165) is 46.2 Å². The maximum absolute atomic E-state index is 11.9. The van der Waals surface area contributed by atoms with Crippen LogP contribution in [0, 0.1) is 0 Å². The fourth-order valence-corrected chi connectivity index (χ4v) is 6.36. The number of carbonyl (C=O) groups is 1. The molecule has 39 heavy (non-hydrogen) atoms. The van der Waals surface area contributed by atoms with Crippen molar-refractivity contribution < 1.29 is 14.3 Å². The average Bonchev–Trinajstić information content (AvgIpc) is 3.38. The van der Waals surface area contributed by atoms with Crippen molar-refractivity contribution in [2.75, 3.05) is 14.2 Å². The summed E-state index contributed by atoms with van der Waals surface area (Å²) >= 11 is 1.63. The van der Waals surface area contributed by atoms with Gasteiger partial charge in [0, 0.05) is 17.5 Å². The van der Waals surface area contributed by atoms with E-state index in [0.29, 0.717) is 11.5 Å². The fourth-order valence-electron chi connectivity index (χ4n) is 5.41. The van der Waals surface area contributed by atoms with E-state index in [4.69, 9.17) is 14.5 Å². The number of hydrogen-bond acceptors (Lipinski definition) is 5. The quantitative estimate of drug-likeness (QED) is 0.202. The molecule has 5 nitrogen and oxygen atoms in total. The first-order valence-electron chi connectivity index (χ1n) is 13.7. The molecule has 1 saturated carbocycles. The Morgan fingerprint density at radius 1 is 0.949 bits per heavy atom. The van der Waals surface area contributed by atoms with Gasteiger partial charge < -0.3 is 14.0 Å². The first-order chi connectivity index (χ1) is 19.1. The van der Waals surface area contributed by atoms with Crippen LogP contribution >= 0.6 is 11.3 Å². The molecule has 1 aromatic heterocycles. The normalized spacial score (nSPS) is 14.4. The van der Waals surface area contributed by atoms with Gasteiger partial charge in [0.1, 0.15) is 0 Å². The van der Waals surface area contributed by atoms with Crippen LogP contribution in [0.4, 0.5) is 5.69 Å². The number of methoxy groups -OCH3 is 2. The van der Waals surface area contributed by atoms with Crippen molar-refractivity contribution in [3.8, 4) is 22.8 Å². The van der Waals surface area contributed by atoms with Gasteiger partial charge in [0.05, 0.1) is 25.6 Å². The van der Waals surface area contributed by atoms with Crippen molar-refractivity contribution in [2.45, 2.75) is 57.9 Å². The SMILES string of the molecule is COc1ccc(CCn2c(-c3ccc(C4CCCCC4)cc3)csc2=Nc2cccc(C(C)=O)c2)cc1OC. The number of hydrogen-bond donors (Lipinski definition) is 0. The topological polar surface area (TPSA) is 52.8 Å². The summed E-state index contributed by atoms with van der Waals surface area (Å²) in [5, 5.41) is 2.19. The lowest BCUT2D eigenvalue weighted by atomic mass is 9.84. The predicted molar refractivity (Wildman–Crippen MR) is 158 cm³/mol. The molecule has 0 amide bonds. The molecule has 6 heteroatoms. The molecule has 0 N–H and O–H groups in total. The number of Topliss-reactive ketones (excluding diaryl/α,β-unsaturated/α-hetero) is 1. The number of rotatable bonds is 9. The molecular formula is C33H36N2O3S. The lowest BCUT2D eigenvalue weighted by Gasteiger charge is -2.22. The summed E-state index contributed by atoms with van der Waals surface area (Å²) in [6.45, 7) is 2.34. The molecule has 1 fully saturated rings. The van der Waals surface area contributed by atoms with Crippen LogP contribution in [0.5, 0.6) is 11.5 Å². The Balaban J connectivity index is 1.50. The summed E-state index contributed by atoms with van der Waals surface area (Å²) in [7, 11) is 3.32. The maximum atomic E-state index is 11.9. The lowest BCUT2D eigenvalue weighted by molar-refractivity contribution is 0.101. The molecule has 0 unspecified atom stereocenters. The molecule has 0 radical (unpaired) electrons. The van der Waals surface area contributed by atoms with Crippen molar-refractivity contribution in [3.05, 3.63) is 93.6 Å². The van der Waals surface area contributed by atoms with Crippen LogP contribution in [0.3, 0.4) is 0 Å². The summed E-state index contributed by atoms with van der Waals surface area (Å²) in [6, 6.07) is 22.8. The van der Waals surface area contributed by atoms with E-state index >= 15 is 0 Å². The number of thiazole rings is 1. The summed E-state index contributed by atoms with van der Waals surface area (Å²) in [6.07, 6.45) is 7.44. The summed E-state index contributed by atoms with van der Waals surface area (Å²) in [5.41, 5.74) is 6.41. The predicted octanol–water partition coefficient (Wildman–Crippen LogP) is 7.96. The molecule has 4 aromatic rings. The zero-order valence-electron chi connectivity index (χ0n) is 23.0. The Morgan fingerprint density at radius 3 is 2.44 bits per heavy atom. The molecule has 202 valence electrons. The van der Waals surface area contributed by atoms with Gasteiger partial charge in [-0.05, 0) is 73.1 Å². The summed E-state index contributed by atoms with van der Waals surface area (Å²) in [4.78, 5) is 17.8. The highest BCUT2D eigenvalue weighted by molar-refractivity contribution is 7.07. The molecule has 0 saturated heterocycles. The molecule has 1 heterocycles. The third kappa shape index (κ3) is 6.34. The highest BCUT2D eigenvalue weighted by Crippen LogP contribution is 2.34. The van der Waals surface area contributed by atoms with E-state index < -0.39 is 0 Å². The highest BCUT2D eigenvalue weighted by Gasteiger charge is 2.16. The molecule has 0 bridgehead atoms. The van der Waals surface area contributed by atoms with E-state index in [1.54, 1.807) is 32.5 Å². The van der Waals surface area contributed by atoms with Gasteiger partial charge in [0.2, 0.25) is 0 Å². The molecule has 0 aliphatic heterocycles. The Kier molecular flexibility index (Phi) is 8.62. The van der Waals surface area contributed by atoms with Crippen molar-refractivity contribution in [1.82, 2.24) is 4.57 Å². The van der Waals surface area contributed by atoms with Crippen LogP contribution in [0.25, 0.3) is 11.3 Å². The summed E-state index contributed by atoms with van der Waals surface area (Å²) < 4.78 is 13.2.